The largest absolute Gasteiger partial charge is 0.480 e. The maximum Gasteiger partial charge on any atom is 0.265 e. The van der Waals surface area contributed by atoms with Crippen LogP contribution in [0, 0.1) is 0 Å². The van der Waals surface area contributed by atoms with Gasteiger partial charge in [-0.3, -0.25) is 9.59 Å². The standard InChI is InChI=1S/C26H26BrClN2O3/c1-16(33-23-14-9-19(28)15-22(23)27)24(31)29-20-10-12-21(13-11-20)30-25(32)17-5-7-18(8-6-17)26(2,3)4/h5-16H,1-4H3,(H,29,31)(H,30,32). The Labute approximate surface area is 207 Å². The maximum atomic E-state index is 12.5. The zero-order valence-electron chi connectivity index (χ0n) is 18.9. The van der Waals surface area contributed by atoms with Gasteiger partial charge in [0.2, 0.25) is 0 Å². The predicted octanol–water partition coefficient (Wildman–Crippen LogP) is 7.06. The van der Waals surface area contributed by atoms with Gasteiger partial charge < -0.3 is 15.4 Å². The third-order valence-corrected chi connectivity index (χ3v) is 5.85. The highest BCUT2D eigenvalue weighted by atomic mass is 79.9. The third-order valence-electron chi connectivity index (χ3n) is 4.99. The summed E-state index contributed by atoms with van der Waals surface area (Å²) in [6, 6.07) is 19.6. The molecule has 3 aromatic rings. The average molecular weight is 530 g/mol. The molecule has 0 aromatic heterocycles. The van der Waals surface area contributed by atoms with E-state index < -0.39 is 6.10 Å². The van der Waals surface area contributed by atoms with Crippen LogP contribution in [0.1, 0.15) is 43.6 Å². The Morgan fingerprint density at radius 2 is 1.48 bits per heavy atom. The van der Waals surface area contributed by atoms with Crippen LogP contribution in [-0.2, 0) is 10.2 Å². The minimum absolute atomic E-state index is 0.0309. The number of anilines is 2. The first-order valence-electron chi connectivity index (χ1n) is 10.5. The van der Waals surface area contributed by atoms with E-state index in [1.807, 2.05) is 24.3 Å². The van der Waals surface area contributed by atoms with Gasteiger partial charge in [-0.05, 0) is 88.4 Å². The van der Waals surface area contributed by atoms with Crippen molar-refractivity contribution >= 4 is 50.7 Å². The Morgan fingerprint density at radius 1 is 0.909 bits per heavy atom. The van der Waals surface area contributed by atoms with Gasteiger partial charge in [0.1, 0.15) is 5.75 Å². The number of benzene rings is 3. The van der Waals surface area contributed by atoms with Gasteiger partial charge in [0.05, 0.1) is 4.47 Å². The number of rotatable bonds is 6. The lowest BCUT2D eigenvalue weighted by Gasteiger charge is -2.19. The molecule has 0 saturated carbocycles. The first-order valence-corrected chi connectivity index (χ1v) is 11.6. The van der Waals surface area contributed by atoms with E-state index >= 15 is 0 Å². The molecule has 2 amide bonds. The van der Waals surface area contributed by atoms with Crippen LogP contribution in [0.3, 0.4) is 0 Å². The molecule has 0 aliphatic rings. The lowest BCUT2D eigenvalue weighted by atomic mass is 9.87. The molecule has 2 N–H and O–H groups in total. The minimum atomic E-state index is -0.724. The van der Waals surface area contributed by atoms with E-state index in [1.165, 1.54) is 5.56 Å². The summed E-state index contributed by atoms with van der Waals surface area (Å²) < 4.78 is 6.38. The van der Waals surface area contributed by atoms with Gasteiger partial charge in [0.15, 0.2) is 6.10 Å². The number of carbonyl (C=O) groups excluding carboxylic acids is 2. The molecule has 0 spiro atoms. The monoisotopic (exact) mass is 528 g/mol. The van der Waals surface area contributed by atoms with Gasteiger partial charge >= 0.3 is 0 Å². The van der Waals surface area contributed by atoms with Gasteiger partial charge in [0, 0.05) is 22.0 Å². The maximum absolute atomic E-state index is 12.5. The van der Waals surface area contributed by atoms with Crippen LogP contribution >= 0.6 is 27.5 Å². The highest BCUT2D eigenvalue weighted by Crippen LogP contribution is 2.29. The van der Waals surface area contributed by atoms with E-state index in [9.17, 15) is 9.59 Å². The number of ether oxygens (including phenoxy) is 1. The third kappa shape index (κ3) is 6.83. The molecule has 3 aromatic carbocycles. The van der Waals surface area contributed by atoms with Gasteiger partial charge in [-0.1, -0.05) is 44.5 Å². The fourth-order valence-corrected chi connectivity index (χ4v) is 3.80. The number of hydrogen-bond donors (Lipinski definition) is 2. The summed E-state index contributed by atoms with van der Waals surface area (Å²) in [7, 11) is 0. The molecular formula is C26H26BrClN2O3. The van der Waals surface area contributed by atoms with Crippen molar-refractivity contribution in [3.05, 3.63) is 87.4 Å². The van der Waals surface area contributed by atoms with Crippen molar-refractivity contribution < 1.29 is 14.3 Å². The molecule has 0 heterocycles. The Hall–Kier alpha value is -2.83. The van der Waals surface area contributed by atoms with Crippen LogP contribution in [-0.4, -0.2) is 17.9 Å². The molecule has 7 heteroatoms. The first-order chi connectivity index (χ1) is 15.5. The van der Waals surface area contributed by atoms with Gasteiger partial charge in [-0.2, -0.15) is 0 Å². The molecule has 0 aliphatic carbocycles. The summed E-state index contributed by atoms with van der Waals surface area (Å²) in [5, 5.41) is 6.25. The number of carbonyl (C=O) groups is 2. The van der Waals surface area contributed by atoms with Crippen LogP contribution in [0.4, 0.5) is 11.4 Å². The van der Waals surface area contributed by atoms with E-state index in [4.69, 9.17) is 16.3 Å². The van der Waals surface area contributed by atoms with Gasteiger partial charge in [0.25, 0.3) is 11.8 Å². The van der Waals surface area contributed by atoms with Crippen molar-refractivity contribution in [2.75, 3.05) is 10.6 Å². The van der Waals surface area contributed by atoms with Crippen molar-refractivity contribution in [3.63, 3.8) is 0 Å². The number of hydrogen-bond acceptors (Lipinski definition) is 3. The van der Waals surface area contributed by atoms with Crippen LogP contribution in [0.2, 0.25) is 5.02 Å². The molecule has 0 saturated heterocycles. The van der Waals surface area contributed by atoms with Gasteiger partial charge in [-0.15, -0.1) is 0 Å². The molecule has 1 atom stereocenters. The summed E-state index contributed by atoms with van der Waals surface area (Å²) in [6.45, 7) is 8.06. The summed E-state index contributed by atoms with van der Waals surface area (Å²) in [4.78, 5) is 25.0. The zero-order valence-corrected chi connectivity index (χ0v) is 21.3. The fraction of sp³-hybridized carbons (Fsp3) is 0.231. The topological polar surface area (TPSA) is 67.4 Å². The van der Waals surface area contributed by atoms with E-state index in [1.54, 1.807) is 49.4 Å². The lowest BCUT2D eigenvalue weighted by Crippen LogP contribution is -2.30. The summed E-state index contributed by atoms with van der Waals surface area (Å²) in [6.07, 6.45) is -0.724. The molecule has 0 aliphatic heterocycles. The molecular weight excluding hydrogens is 504 g/mol. The smallest absolute Gasteiger partial charge is 0.265 e. The second-order valence-corrected chi connectivity index (χ2v) is 9.97. The lowest BCUT2D eigenvalue weighted by molar-refractivity contribution is -0.122. The molecule has 33 heavy (non-hydrogen) atoms. The Balaban J connectivity index is 1.57. The molecule has 3 rings (SSSR count). The quantitative estimate of drug-likeness (QED) is 0.359. The van der Waals surface area contributed by atoms with Crippen molar-refractivity contribution in [1.82, 2.24) is 0 Å². The molecule has 5 nitrogen and oxygen atoms in total. The van der Waals surface area contributed by atoms with E-state index in [0.717, 1.165) is 0 Å². The molecule has 0 fully saturated rings. The van der Waals surface area contributed by atoms with E-state index in [0.29, 0.717) is 32.2 Å². The molecule has 1 unspecified atom stereocenters. The van der Waals surface area contributed by atoms with Crippen molar-refractivity contribution in [1.29, 1.82) is 0 Å². The van der Waals surface area contributed by atoms with Crippen molar-refractivity contribution in [2.45, 2.75) is 39.2 Å². The second kappa shape index (κ2) is 10.4. The molecule has 0 radical (unpaired) electrons. The number of amides is 2. The highest BCUT2D eigenvalue weighted by Gasteiger charge is 2.17. The zero-order chi connectivity index (χ0) is 24.2. The Kier molecular flexibility index (Phi) is 7.82. The number of nitrogens with one attached hydrogen (secondary N) is 2. The van der Waals surface area contributed by atoms with E-state index in [-0.39, 0.29) is 17.2 Å². The fourth-order valence-electron chi connectivity index (χ4n) is 3.02. The highest BCUT2D eigenvalue weighted by molar-refractivity contribution is 9.10. The normalized spacial score (nSPS) is 12.1. The Morgan fingerprint density at radius 3 is 2.03 bits per heavy atom. The summed E-state index contributed by atoms with van der Waals surface area (Å²) in [5.74, 6) is 0.0334. The van der Waals surface area contributed by atoms with Gasteiger partial charge in [-0.25, -0.2) is 0 Å². The Bertz CT molecular complexity index is 1140. The van der Waals surface area contributed by atoms with Crippen LogP contribution in [0.15, 0.2) is 71.2 Å². The van der Waals surface area contributed by atoms with Crippen molar-refractivity contribution in [2.24, 2.45) is 0 Å². The minimum Gasteiger partial charge on any atom is -0.480 e. The van der Waals surface area contributed by atoms with Crippen molar-refractivity contribution in [3.8, 4) is 5.75 Å². The predicted molar refractivity (Wildman–Crippen MR) is 137 cm³/mol. The number of halogens is 2. The van der Waals surface area contributed by atoms with Crippen LogP contribution < -0.4 is 15.4 Å². The van der Waals surface area contributed by atoms with E-state index in [2.05, 4.69) is 47.3 Å². The molecule has 172 valence electrons. The first kappa shape index (κ1) is 24.8. The summed E-state index contributed by atoms with van der Waals surface area (Å²) >= 11 is 9.31. The summed E-state index contributed by atoms with van der Waals surface area (Å²) in [5.41, 5.74) is 3.01. The SMILES string of the molecule is CC(Oc1ccc(Cl)cc1Br)C(=O)Nc1ccc(NC(=O)c2ccc(C(C)(C)C)cc2)cc1. The second-order valence-electron chi connectivity index (χ2n) is 8.68. The van der Waals surface area contributed by atoms with Crippen LogP contribution in [0.5, 0.6) is 5.75 Å². The van der Waals surface area contributed by atoms with Crippen LogP contribution in [0.25, 0.3) is 0 Å². The molecule has 0 bridgehead atoms. The average Bonchev–Trinajstić information content (AvgIpc) is 2.76.